The maximum Gasteiger partial charge on any atom is 0.222 e. The second-order valence-electron chi connectivity index (χ2n) is 3.78. The first-order chi connectivity index (χ1) is 8.60. The predicted molar refractivity (Wildman–Crippen MR) is 72.7 cm³/mol. The molecular formula is C13H10BrClFNO. The molecular weight excluding hydrogens is 321 g/mol. The number of benzene rings is 1. The van der Waals surface area contributed by atoms with Crippen molar-refractivity contribution in [2.45, 2.75) is 12.8 Å². The third kappa shape index (κ3) is 3.00. The van der Waals surface area contributed by atoms with Crippen molar-refractivity contribution in [3.05, 3.63) is 51.9 Å². The van der Waals surface area contributed by atoms with Gasteiger partial charge in [-0.1, -0.05) is 0 Å². The third-order valence-electron chi connectivity index (χ3n) is 2.35. The molecule has 5 heteroatoms. The minimum Gasteiger partial charge on any atom is -0.439 e. The summed E-state index contributed by atoms with van der Waals surface area (Å²) in [6.07, 6.45) is 1.64. The number of aromatic nitrogens is 1. The Morgan fingerprint density at radius 2 is 2.17 bits per heavy atom. The molecule has 2 rings (SSSR count). The zero-order valence-corrected chi connectivity index (χ0v) is 11.9. The van der Waals surface area contributed by atoms with E-state index in [-0.39, 0.29) is 5.82 Å². The van der Waals surface area contributed by atoms with Crippen LogP contribution in [0.4, 0.5) is 4.39 Å². The first kappa shape index (κ1) is 13.3. The van der Waals surface area contributed by atoms with Crippen molar-refractivity contribution in [1.29, 1.82) is 0 Å². The smallest absolute Gasteiger partial charge is 0.222 e. The zero-order valence-electron chi connectivity index (χ0n) is 9.58. The van der Waals surface area contributed by atoms with Gasteiger partial charge in [-0.05, 0) is 46.6 Å². The van der Waals surface area contributed by atoms with Gasteiger partial charge in [0.2, 0.25) is 5.88 Å². The summed E-state index contributed by atoms with van der Waals surface area (Å²) in [5, 5.41) is 0. The summed E-state index contributed by atoms with van der Waals surface area (Å²) in [4.78, 5) is 4.16. The van der Waals surface area contributed by atoms with Gasteiger partial charge in [0, 0.05) is 23.7 Å². The molecule has 0 saturated heterocycles. The summed E-state index contributed by atoms with van der Waals surface area (Å²) in [5.74, 6) is 0.888. The molecule has 0 aliphatic heterocycles. The molecule has 0 atom stereocenters. The van der Waals surface area contributed by atoms with Crippen LogP contribution in [0.1, 0.15) is 11.1 Å². The fourth-order valence-electron chi connectivity index (χ4n) is 1.45. The highest BCUT2D eigenvalue weighted by atomic mass is 79.9. The molecule has 2 nitrogen and oxygen atoms in total. The number of rotatable bonds is 3. The number of ether oxygens (including phenoxy) is 1. The van der Waals surface area contributed by atoms with Gasteiger partial charge in [-0.3, -0.25) is 0 Å². The standard InChI is InChI=1S/C13H10BrClFNO/c1-8-4-9(6-15)7-17-13(8)18-10-2-3-11(14)12(16)5-10/h2-5,7H,6H2,1H3. The number of hydrogen-bond acceptors (Lipinski definition) is 2. The lowest BCUT2D eigenvalue weighted by Gasteiger charge is -2.08. The highest BCUT2D eigenvalue weighted by Gasteiger charge is 2.06. The summed E-state index contributed by atoms with van der Waals surface area (Å²) >= 11 is 8.80. The van der Waals surface area contributed by atoms with Crippen molar-refractivity contribution in [3.8, 4) is 11.6 Å². The van der Waals surface area contributed by atoms with Crippen LogP contribution in [0.5, 0.6) is 11.6 Å². The first-order valence-corrected chi connectivity index (χ1v) is 6.57. The topological polar surface area (TPSA) is 22.1 Å². The molecule has 0 bridgehead atoms. The first-order valence-electron chi connectivity index (χ1n) is 5.24. The molecule has 18 heavy (non-hydrogen) atoms. The largest absolute Gasteiger partial charge is 0.439 e. The van der Waals surface area contributed by atoms with Crippen LogP contribution in [0.15, 0.2) is 34.9 Å². The normalized spacial score (nSPS) is 10.4. The summed E-state index contributed by atoms with van der Waals surface area (Å²) in [7, 11) is 0. The zero-order chi connectivity index (χ0) is 13.1. The van der Waals surface area contributed by atoms with Crippen LogP contribution in [-0.2, 0) is 5.88 Å². The molecule has 0 N–H and O–H groups in total. The Hall–Kier alpha value is -1.13. The number of aryl methyl sites for hydroxylation is 1. The van der Waals surface area contributed by atoms with E-state index < -0.39 is 0 Å². The molecule has 1 aromatic carbocycles. The average molecular weight is 331 g/mol. The van der Waals surface area contributed by atoms with Crippen LogP contribution in [0.25, 0.3) is 0 Å². The van der Waals surface area contributed by atoms with E-state index in [9.17, 15) is 4.39 Å². The Balaban J connectivity index is 2.25. The van der Waals surface area contributed by atoms with E-state index in [1.165, 1.54) is 6.07 Å². The van der Waals surface area contributed by atoms with E-state index in [1.54, 1.807) is 18.3 Å². The van der Waals surface area contributed by atoms with E-state index in [0.29, 0.717) is 22.0 Å². The van der Waals surface area contributed by atoms with Crippen molar-refractivity contribution >= 4 is 27.5 Å². The summed E-state index contributed by atoms with van der Waals surface area (Å²) in [6, 6.07) is 6.46. The van der Waals surface area contributed by atoms with Gasteiger partial charge in [-0.15, -0.1) is 11.6 Å². The number of pyridine rings is 1. The fraction of sp³-hybridized carbons (Fsp3) is 0.154. The van der Waals surface area contributed by atoms with E-state index >= 15 is 0 Å². The Bertz CT molecular complexity index is 577. The minimum atomic E-state index is -0.373. The molecule has 1 heterocycles. The molecule has 0 aliphatic carbocycles. The lowest BCUT2D eigenvalue weighted by Crippen LogP contribution is -1.93. The molecule has 1 aromatic heterocycles. The van der Waals surface area contributed by atoms with Crippen LogP contribution in [0.3, 0.4) is 0 Å². The van der Waals surface area contributed by atoms with Gasteiger partial charge in [0.15, 0.2) is 0 Å². The van der Waals surface area contributed by atoms with Gasteiger partial charge in [0.25, 0.3) is 0 Å². The molecule has 0 saturated carbocycles. The summed E-state index contributed by atoms with van der Waals surface area (Å²) < 4.78 is 19.3. The predicted octanol–water partition coefficient (Wildman–Crippen LogP) is 4.82. The second kappa shape index (κ2) is 5.67. The molecule has 0 spiro atoms. The Morgan fingerprint density at radius 1 is 1.39 bits per heavy atom. The van der Waals surface area contributed by atoms with Crippen LogP contribution in [0, 0.1) is 12.7 Å². The second-order valence-corrected chi connectivity index (χ2v) is 4.90. The molecule has 0 aliphatic rings. The van der Waals surface area contributed by atoms with Gasteiger partial charge >= 0.3 is 0 Å². The SMILES string of the molecule is Cc1cc(CCl)cnc1Oc1ccc(Br)c(F)c1. The maximum absolute atomic E-state index is 13.3. The van der Waals surface area contributed by atoms with E-state index in [2.05, 4.69) is 20.9 Å². The lowest BCUT2D eigenvalue weighted by molar-refractivity contribution is 0.453. The monoisotopic (exact) mass is 329 g/mol. The van der Waals surface area contributed by atoms with Gasteiger partial charge in [0.1, 0.15) is 11.6 Å². The van der Waals surface area contributed by atoms with Gasteiger partial charge in [0.05, 0.1) is 4.47 Å². The Morgan fingerprint density at radius 3 is 2.78 bits per heavy atom. The van der Waals surface area contributed by atoms with Crippen LogP contribution in [0.2, 0.25) is 0 Å². The third-order valence-corrected chi connectivity index (χ3v) is 3.30. The average Bonchev–Trinajstić information content (AvgIpc) is 2.36. The van der Waals surface area contributed by atoms with Crippen molar-refractivity contribution in [3.63, 3.8) is 0 Å². The number of halogens is 3. The van der Waals surface area contributed by atoms with Crippen LogP contribution >= 0.6 is 27.5 Å². The van der Waals surface area contributed by atoms with Gasteiger partial charge in [-0.25, -0.2) is 9.37 Å². The highest BCUT2D eigenvalue weighted by molar-refractivity contribution is 9.10. The summed E-state index contributed by atoms with van der Waals surface area (Å²) in [6.45, 7) is 1.87. The quantitative estimate of drug-likeness (QED) is 0.753. The van der Waals surface area contributed by atoms with Crippen molar-refractivity contribution in [2.24, 2.45) is 0 Å². The van der Waals surface area contributed by atoms with E-state index in [1.807, 2.05) is 13.0 Å². The van der Waals surface area contributed by atoms with Crippen LogP contribution in [-0.4, -0.2) is 4.98 Å². The van der Waals surface area contributed by atoms with Crippen molar-refractivity contribution < 1.29 is 9.13 Å². The van der Waals surface area contributed by atoms with E-state index in [0.717, 1.165) is 11.1 Å². The highest BCUT2D eigenvalue weighted by Crippen LogP contribution is 2.26. The minimum absolute atomic E-state index is 0.373. The number of alkyl halides is 1. The van der Waals surface area contributed by atoms with Crippen molar-refractivity contribution in [2.75, 3.05) is 0 Å². The number of nitrogens with zero attached hydrogens (tertiary/aromatic N) is 1. The lowest BCUT2D eigenvalue weighted by atomic mass is 10.2. The van der Waals surface area contributed by atoms with Crippen molar-refractivity contribution in [1.82, 2.24) is 4.98 Å². The van der Waals surface area contributed by atoms with Crippen LogP contribution < -0.4 is 4.74 Å². The van der Waals surface area contributed by atoms with E-state index in [4.69, 9.17) is 16.3 Å². The van der Waals surface area contributed by atoms with Gasteiger partial charge in [-0.2, -0.15) is 0 Å². The Labute approximate surface area is 118 Å². The Kier molecular flexibility index (Phi) is 4.19. The molecule has 0 unspecified atom stereocenters. The molecule has 94 valence electrons. The number of hydrogen-bond donors (Lipinski definition) is 0. The molecule has 0 radical (unpaired) electrons. The maximum atomic E-state index is 13.3. The summed E-state index contributed by atoms with van der Waals surface area (Å²) in [5.41, 5.74) is 1.78. The molecule has 2 aromatic rings. The molecule has 0 amide bonds. The fourth-order valence-corrected chi connectivity index (χ4v) is 1.85. The van der Waals surface area contributed by atoms with Gasteiger partial charge < -0.3 is 4.74 Å². The molecule has 0 fully saturated rings.